The summed E-state index contributed by atoms with van der Waals surface area (Å²) in [4.78, 5) is 11.5. The molecule has 6 nitrogen and oxygen atoms in total. The van der Waals surface area contributed by atoms with E-state index in [-0.39, 0.29) is 5.91 Å². The second kappa shape index (κ2) is 5.50. The van der Waals surface area contributed by atoms with E-state index in [1.807, 2.05) is 24.7 Å². The average molecular weight is 280 g/mol. The highest BCUT2D eigenvalue weighted by Crippen LogP contribution is 2.25. The van der Waals surface area contributed by atoms with Crippen LogP contribution < -0.4 is 11.3 Å². The van der Waals surface area contributed by atoms with Gasteiger partial charge in [0.1, 0.15) is 11.5 Å². The summed E-state index contributed by atoms with van der Waals surface area (Å²) in [6.45, 7) is 3.69. The second-order valence-corrected chi connectivity index (χ2v) is 5.19. The van der Waals surface area contributed by atoms with Crippen LogP contribution in [0.3, 0.4) is 0 Å². The molecule has 0 aromatic carbocycles. The summed E-state index contributed by atoms with van der Waals surface area (Å²) in [5.74, 6) is 6.71. The molecule has 2 aromatic rings. The molecule has 0 atom stereocenters. The summed E-state index contributed by atoms with van der Waals surface area (Å²) in [5, 5.41) is 5.32. The maximum absolute atomic E-state index is 11.5. The van der Waals surface area contributed by atoms with Crippen LogP contribution in [0.2, 0.25) is 0 Å². The van der Waals surface area contributed by atoms with Crippen molar-refractivity contribution in [2.24, 2.45) is 12.9 Å². The van der Waals surface area contributed by atoms with Crippen LogP contribution in [0.4, 0.5) is 0 Å². The van der Waals surface area contributed by atoms with Crippen molar-refractivity contribution >= 4 is 17.7 Å². The SMILES string of the molecule is Cc1cc(SCc2cc(C(=O)NN)c(C)o2)n(C)n1. The second-order valence-electron chi connectivity index (χ2n) is 4.19. The molecule has 0 saturated heterocycles. The molecule has 2 heterocycles. The van der Waals surface area contributed by atoms with Crippen molar-refractivity contribution in [3.05, 3.63) is 34.9 Å². The standard InChI is InChI=1S/C12H16N4O2S/c1-7-4-11(16(3)15-7)19-6-9-5-10(8(2)18-9)12(17)14-13/h4-5H,6,13H2,1-3H3,(H,14,17). The summed E-state index contributed by atoms with van der Waals surface area (Å²) in [5.41, 5.74) is 3.55. The van der Waals surface area contributed by atoms with Crippen molar-refractivity contribution in [2.45, 2.75) is 24.6 Å². The van der Waals surface area contributed by atoms with E-state index in [9.17, 15) is 4.79 Å². The minimum Gasteiger partial charge on any atom is -0.465 e. The highest BCUT2D eigenvalue weighted by molar-refractivity contribution is 7.98. The Kier molecular flexibility index (Phi) is 3.96. The molecule has 0 spiro atoms. The van der Waals surface area contributed by atoms with E-state index in [0.29, 0.717) is 17.1 Å². The molecule has 0 aliphatic heterocycles. The Morgan fingerprint density at radius 1 is 1.53 bits per heavy atom. The zero-order chi connectivity index (χ0) is 14.0. The largest absolute Gasteiger partial charge is 0.465 e. The molecule has 0 saturated carbocycles. The van der Waals surface area contributed by atoms with Gasteiger partial charge in [0, 0.05) is 7.05 Å². The van der Waals surface area contributed by atoms with Gasteiger partial charge in [-0.25, -0.2) is 5.84 Å². The lowest BCUT2D eigenvalue weighted by molar-refractivity contribution is 0.0952. The zero-order valence-electron chi connectivity index (χ0n) is 11.1. The predicted molar refractivity (Wildman–Crippen MR) is 72.6 cm³/mol. The number of rotatable bonds is 4. The number of nitrogen functional groups attached to an aromatic ring is 1. The number of thioether (sulfide) groups is 1. The number of aromatic nitrogens is 2. The molecule has 0 unspecified atom stereocenters. The van der Waals surface area contributed by atoms with E-state index in [0.717, 1.165) is 16.5 Å². The number of hydrazine groups is 1. The number of amides is 1. The maximum atomic E-state index is 11.5. The Morgan fingerprint density at radius 3 is 2.84 bits per heavy atom. The van der Waals surface area contributed by atoms with Gasteiger partial charge in [0.15, 0.2) is 0 Å². The molecule has 0 fully saturated rings. The molecule has 7 heteroatoms. The lowest BCUT2D eigenvalue weighted by Gasteiger charge is -1.98. The van der Waals surface area contributed by atoms with Gasteiger partial charge in [-0.05, 0) is 26.0 Å². The number of carbonyl (C=O) groups excluding carboxylic acids is 1. The lowest BCUT2D eigenvalue weighted by Crippen LogP contribution is -2.30. The number of nitrogens with zero attached hydrogens (tertiary/aromatic N) is 2. The Labute approximate surface area is 115 Å². The number of nitrogens with two attached hydrogens (primary N) is 1. The van der Waals surface area contributed by atoms with Crippen molar-refractivity contribution < 1.29 is 9.21 Å². The van der Waals surface area contributed by atoms with Crippen LogP contribution in [0.1, 0.15) is 27.6 Å². The van der Waals surface area contributed by atoms with Crippen molar-refractivity contribution in [2.75, 3.05) is 0 Å². The zero-order valence-corrected chi connectivity index (χ0v) is 11.9. The first-order valence-electron chi connectivity index (χ1n) is 5.75. The number of hydrogen-bond acceptors (Lipinski definition) is 5. The van der Waals surface area contributed by atoms with Crippen molar-refractivity contribution in [3.63, 3.8) is 0 Å². The Hall–Kier alpha value is -1.73. The van der Waals surface area contributed by atoms with Crippen molar-refractivity contribution in [1.29, 1.82) is 0 Å². The van der Waals surface area contributed by atoms with Crippen LogP contribution in [-0.2, 0) is 12.8 Å². The number of carbonyl (C=O) groups is 1. The molecule has 0 aliphatic rings. The monoisotopic (exact) mass is 280 g/mol. The van der Waals surface area contributed by atoms with E-state index >= 15 is 0 Å². The maximum Gasteiger partial charge on any atom is 0.268 e. The van der Waals surface area contributed by atoms with E-state index in [4.69, 9.17) is 10.3 Å². The van der Waals surface area contributed by atoms with Gasteiger partial charge in [0.05, 0.1) is 22.0 Å². The topological polar surface area (TPSA) is 86.1 Å². The molecule has 0 radical (unpaired) electrons. The van der Waals surface area contributed by atoms with Crippen molar-refractivity contribution in [1.82, 2.24) is 15.2 Å². The number of aryl methyl sites for hydroxylation is 3. The molecule has 2 aromatic heterocycles. The molecule has 3 N–H and O–H groups in total. The highest BCUT2D eigenvalue weighted by atomic mass is 32.2. The van der Waals surface area contributed by atoms with Crippen LogP contribution in [0.25, 0.3) is 0 Å². The van der Waals surface area contributed by atoms with Gasteiger partial charge in [-0.1, -0.05) is 11.8 Å². The third-order valence-corrected chi connectivity index (χ3v) is 3.77. The molecule has 0 aliphatic carbocycles. The highest BCUT2D eigenvalue weighted by Gasteiger charge is 2.14. The summed E-state index contributed by atoms with van der Waals surface area (Å²) in [7, 11) is 1.90. The van der Waals surface area contributed by atoms with Gasteiger partial charge < -0.3 is 4.42 Å². The van der Waals surface area contributed by atoms with Gasteiger partial charge in [0.2, 0.25) is 0 Å². The average Bonchev–Trinajstić information content (AvgIpc) is 2.88. The first-order chi connectivity index (χ1) is 9.01. The first kappa shape index (κ1) is 13.7. The van der Waals surface area contributed by atoms with E-state index in [1.165, 1.54) is 0 Å². The van der Waals surface area contributed by atoms with E-state index in [2.05, 4.69) is 10.5 Å². The minimum atomic E-state index is -0.339. The van der Waals surface area contributed by atoms with Gasteiger partial charge in [-0.15, -0.1) is 0 Å². The van der Waals surface area contributed by atoms with Crippen LogP contribution in [-0.4, -0.2) is 15.7 Å². The van der Waals surface area contributed by atoms with Crippen molar-refractivity contribution in [3.8, 4) is 0 Å². The normalized spacial score (nSPS) is 10.7. The molecule has 102 valence electrons. The summed E-state index contributed by atoms with van der Waals surface area (Å²) in [6.07, 6.45) is 0. The van der Waals surface area contributed by atoms with E-state index in [1.54, 1.807) is 24.8 Å². The summed E-state index contributed by atoms with van der Waals surface area (Å²) >= 11 is 1.61. The fourth-order valence-corrected chi connectivity index (χ4v) is 2.70. The van der Waals surface area contributed by atoms with Gasteiger partial charge in [-0.3, -0.25) is 14.9 Å². The van der Waals surface area contributed by atoms with Crippen LogP contribution in [0.5, 0.6) is 0 Å². The Bertz CT molecular complexity index is 603. The first-order valence-corrected chi connectivity index (χ1v) is 6.73. The molecular weight excluding hydrogens is 264 g/mol. The summed E-state index contributed by atoms with van der Waals surface area (Å²) < 4.78 is 7.36. The Balaban J connectivity index is 2.08. The molecule has 19 heavy (non-hydrogen) atoms. The molecule has 0 bridgehead atoms. The molecule has 2 rings (SSSR count). The van der Waals surface area contributed by atoms with E-state index < -0.39 is 0 Å². The predicted octanol–water partition coefficient (Wildman–Crippen LogP) is 1.53. The minimum absolute atomic E-state index is 0.339. The van der Waals surface area contributed by atoms with Crippen LogP contribution in [0.15, 0.2) is 21.6 Å². The van der Waals surface area contributed by atoms with Gasteiger partial charge in [-0.2, -0.15) is 5.10 Å². The summed E-state index contributed by atoms with van der Waals surface area (Å²) in [6, 6.07) is 3.72. The number of hydrogen-bond donors (Lipinski definition) is 2. The number of nitrogens with one attached hydrogen (secondary N) is 1. The third-order valence-electron chi connectivity index (χ3n) is 2.67. The molecule has 1 amide bonds. The molecular formula is C12H16N4O2S. The van der Waals surface area contributed by atoms with Crippen LogP contribution >= 0.6 is 11.8 Å². The fourth-order valence-electron chi connectivity index (χ4n) is 1.79. The van der Waals surface area contributed by atoms with Gasteiger partial charge >= 0.3 is 0 Å². The quantitative estimate of drug-likeness (QED) is 0.384. The lowest BCUT2D eigenvalue weighted by atomic mass is 10.2. The van der Waals surface area contributed by atoms with Gasteiger partial charge in [0.25, 0.3) is 5.91 Å². The number of furan rings is 1. The fraction of sp³-hybridized carbons (Fsp3) is 0.333. The van der Waals surface area contributed by atoms with Crippen LogP contribution in [0, 0.1) is 13.8 Å². The smallest absolute Gasteiger partial charge is 0.268 e. The third kappa shape index (κ3) is 2.99. The Morgan fingerprint density at radius 2 is 2.26 bits per heavy atom.